The minimum Gasteiger partial charge on any atom is -0.481 e. The summed E-state index contributed by atoms with van der Waals surface area (Å²) in [6.45, 7) is 1.36. The van der Waals surface area contributed by atoms with Crippen molar-refractivity contribution in [1.29, 1.82) is 0 Å². The first-order valence-corrected chi connectivity index (χ1v) is 8.96. The van der Waals surface area contributed by atoms with Crippen LogP contribution in [0.25, 0.3) is 0 Å². The van der Waals surface area contributed by atoms with E-state index < -0.39 is 21.6 Å². The van der Waals surface area contributed by atoms with E-state index in [1.165, 1.54) is 4.31 Å². The Morgan fingerprint density at radius 1 is 1.14 bits per heavy atom. The highest BCUT2D eigenvalue weighted by molar-refractivity contribution is 7.87. The van der Waals surface area contributed by atoms with Crippen LogP contribution in [-0.4, -0.2) is 56.6 Å². The van der Waals surface area contributed by atoms with Crippen LogP contribution in [0.1, 0.15) is 38.5 Å². The summed E-state index contributed by atoms with van der Waals surface area (Å²) in [5.41, 5.74) is -0.962. The van der Waals surface area contributed by atoms with Crippen molar-refractivity contribution in [2.75, 3.05) is 32.8 Å². The topological polar surface area (TPSA) is 95.9 Å². The number of carboxylic acid groups (broad SMARTS) is 1. The number of nitrogens with one attached hydrogen (secondary N) is 1. The van der Waals surface area contributed by atoms with E-state index in [1.54, 1.807) is 0 Å². The number of hydrogen-bond acceptors (Lipinski definition) is 4. The molecule has 0 atom stereocenters. The third-order valence-electron chi connectivity index (χ3n) is 4.42. The molecule has 1 saturated heterocycles. The van der Waals surface area contributed by atoms with Crippen molar-refractivity contribution >= 4 is 16.2 Å². The molecule has 0 aromatic rings. The van der Waals surface area contributed by atoms with Crippen molar-refractivity contribution in [3.8, 4) is 0 Å². The van der Waals surface area contributed by atoms with Crippen molar-refractivity contribution in [2.45, 2.75) is 38.5 Å². The molecule has 1 heterocycles. The summed E-state index contributed by atoms with van der Waals surface area (Å²) in [5, 5.41) is 9.55. The molecule has 0 bridgehead atoms. The van der Waals surface area contributed by atoms with E-state index in [0.717, 1.165) is 25.7 Å². The van der Waals surface area contributed by atoms with Crippen LogP contribution in [0.2, 0.25) is 0 Å². The monoisotopic (exact) mass is 320 g/mol. The van der Waals surface area contributed by atoms with Crippen molar-refractivity contribution in [3.05, 3.63) is 0 Å². The van der Waals surface area contributed by atoms with Gasteiger partial charge in [-0.1, -0.05) is 25.7 Å². The fraction of sp³-hybridized carbons (Fsp3) is 0.923. The van der Waals surface area contributed by atoms with E-state index in [2.05, 4.69) is 4.72 Å². The molecule has 8 heteroatoms. The molecular formula is C13H24N2O5S. The van der Waals surface area contributed by atoms with E-state index >= 15 is 0 Å². The fourth-order valence-corrected chi connectivity index (χ4v) is 4.25. The van der Waals surface area contributed by atoms with Crippen LogP contribution in [0.3, 0.4) is 0 Å². The molecule has 0 amide bonds. The zero-order valence-electron chi connectivity index (χ0n) is 12.2. The summed E-state index contributed by atoms with van der Waals surface area (Å²) in [7, 11) is -3.63. The maximum atomic E-state index is 12.2. The third-order valence-corrected chi connectivity index (χ3v) is 5.97. The predicted molar refractivity (Wildman–Crippen MR) is 77.1 cm³/mol. The largest absolute Gasteiger partial charge is 0.481 e. The van der Waals surface area contributed by atoms with Gasteiger partial charge in [0.05, 0.1) is 18.6 Å². The first kappa shape index (κ1) is 16.7. The van der Waals surface area contributed by atoms with E-state index in [9.17, 15) is 18.3 Å². The summed E-state index contributed by atoms with van der Waals surface area (Å²) < 4.78 is 33.5. The maximum absolute atomic E-state index is 12.2. The number of rotatable bonds is 5. The summed E-state index contributed by atoms with van der Waals surface area (Å²) in [5.74, 6) is -0.894. The molecule has 1 aliphatic carbocycles. The second-order valence-corrected chi connectivity index (χ2v) is 7.59. The number of morpholine rings is 1. The molecule has 2 fully saturated rings. The lowest BCUT2D eigenvalue weighted by molar-refractivity contribution is -0.149. The Bertz CT molecular complexity index is 451. The Labute approximate surface area is 125 Å². The minimum atomic E-state index is -3.63. The van der Waals surface area contributed by atoms with Gasteiger partial charge in [-0.25, -0.2) is 4.72 Å². The van der Waals surface area contributed by atoms with Crippen LogP contribution in [0.5, 0.6) is 0 Å². The van der Waals surface area contributed by atoms with Gasteiger partial charge in [0, 0.05) is 19.6 Å². The minimum absolute atomic E-state index is 0.0258. The molecule has 0 radical (unpaired) electrons. The zero-order chi connectivity index (χ0) is 15.3. The van der Waals surface area contributed by atoms with Gasteiger partial charge in [-0.15, -0.1) is 0 Å². The lowest BCUT2D eigenvalue weighted by Crippen LogP contribution is -2.50. The van der Waals surface area contributed by atoms with E-state index in [4.69, 9.17) is 4.74 Å². The molecule has 2 aliphatic rings. The normalized spacial score (nSPS) is 24.4. The SMILES string of the molecule is O=C(O)C1(CNS(=O)(=O)N2CCOCC2)CCCCCC1. The van der Waals surface area contributed by atoms with Gasteiger partial charge >= 0.3 is 5.97 Å². The second kappa shape index (κ2) is 7.04. The van der Waals surface area contributed by atoms with Gasteiger partial charge in [-0.2, -0.15) is 12.7 Å². The Morgan fingerprint density at radius 2 is 1.71 bits per heavy atom. The lowest BCUT2D eigenvalue weighted by atomic mass is 9.80. The quantitative estimate of drug-likeness (QED) is 0.722. The van der Waals surface area contributed by atoms with E-state index in [-0.39, 0.29) is 6.54 Å². The number of hydrogen-bond donors (Lipinski definition) is 2. The van der Waals surface area contributed by atoms with E-state index in [0.29, 0.717) is 39.1 Å². The van der Waals surface area contributed by atoms with Gasteiger partial charge in [-0.05, 0) is 12.8 Å². The van der Waals surface area contributed by atoms with Crippen LogP contribution in [0, 0.1) is 5.41 Å². The van der Waals surface area contributed by atoms with Gasteiger partial charge < -0.3 is 9.84 Å². The van der Waals surface area contributed by atoms with Gasteiger partial charge in [-0.3, -0.25) is 4.79 Å². The Kier molecular flexibility index (Phi) is 5.59. The Morgan fingerprint density at radius 3 is 2.24 bits per heavy atom. The predicted octanol–water partition coefficient (Wildman–Crippen LogP) is 0.578. The smallest absolute Gasteiger partial charge is 0.310 e. The highest BCUT2D eigenvalue weighted by atomic mass is 32.2. The molecule has 2 rings (SSSR count). The highest BCUT2D eigenvalue weighted by Crippen LogP contribution is 2.35. The highest BCUT2D eigenvalue weighted by Gasteiger charge is 2.40. The summed E-state index contributed by atoms with van der Waals surface area (Å²) in [6.07, 6.45) is 4.79. The Balaban J connectivity index is 2.02. The summed E-state index contributed by atoms with van der Waals surface area (Å²) >= 11 is 0. The molecule has 0 aromatic carbocycles. The van der Waals surface area contributed by atoms with Gasteiger partial charge in [0.2, 0.25) is 0 Å². The number of ether oxygens (including phenoxy) is 1. The van der Waals surface area contributed by atoms with Gasteiger partial charge in [0.25, 0.3) is 10.2 Å². The third kappa shape index (κ3) is 4.15. The molecule has 2 N–H and O–H groups in total. The molecule has 1 saturated carbocycles. The van der Waals surface area contributed by atoms with Crippen LogP contribution in [0.4, 0.5) is 0 Å². The standard InChI is InChI=1S/C13H24N2O5S/c16-12(17)13(5-3-1-2-4-6-13)11-14-21(18,19)15-7-9-20-10-8-15/h14H,1-11H2,(H,16,17). The Hall–Kier alpha value is -0.700. The fourth-order valence-electron chi connectivity index (χ4n) is 2.98. The molecule has 21 heavy (non-hydrogen) atoms. The van der Waals surface area contributed by atoms with Crippen LogP contribution in [0.15, 0.2) is 0 Å². The maximum Gasteiger partial charge on any atom is 0.310 e. The molecule has 0 unspecified atom stereocenters. The number of carbonyl (C=O) groups is 1. The zero-order valence-corrected chi connectivity index (χ0v) is 13.0. The molecule has 0 aromatic heterocycles. The van der Waals surface area contributed by atoms with Crippen LogP contribution >= 0.6 is 0 Å². The number of aliphatic carboxylic acids is 1. The van der Waals surface area contributed by atoms with Crippen LogP contribution in [-0.2, 0) is 19.7 Å². The molecule has 0 spiro atoms. The van der Waals surface area contributed by atoms with Crippen molar-refractivity contribution in [3.63, 3.8) is 0 Å². The first-order valence-electron chi connectivity index (χ1n) is 7.52. The average molecular weight is 320 g/mol. The molecule has 1 aliphatic heterocycles. The van der Waals surface area contributed by atoms with Crippen molar-refractivity contribution < 1.29 is 23.1 Å². The lowest BCUT2D eigenvalue weighted by Gasteiger charge is -2.31. The van der Waals surface area contributed by atoms with Gasteiger partial charge in [0.1, 0.15) is 0 Å². The van der Waals surface area contributed by atoms with Crippen molar-refractivity contribution in [2.24, 2.45) is 5.41 Å². The van der Waals surface area contributed by atoms with Crippen LogP contribution < -0.4 is 4.72 Å². The van der Waals surface area contributed by atoms with E-state index in [1.807, 2.05) is 0 Å². The summed E-state index contributed by atoms with van der Waals surface area (Å²) in [4.78, 5) is 11.7. The number of nitrogens with zero attached hydrogens (tertiary/aromatic N) is 1. The first-order chi connectivity index (χ1) is 9.96. The summed E-state index contributed by atoms with van der Waals surface area (Å²) in [6, 6.07) is 0. The molecular weight excluding hydrogens is 296 g/mol. The molecule has 7 nitrogen and oxygen atoms in total. The van der Waals surface area contributed by atoms with Gasteiger partial charge in [0.15, 0.2) is 0 Å². The average Bonchev–Trinajstić information content (AvgIpc) is 2.73. The number of carboxylic acids is 1. The van der Waals surface area contributed by atoms with Crippen molar-refractivity contribution in [1.82, 2.24) is 9.03 Å². The molecule has 122 valence electrons. The second-order valence-electron chi connectivity index (χ2n) is 5.84.